The number of ketones is 1. The molecule has 1 aromatic heterocycles. The monoisotopic (exact) mass is 487 g/mol. The molecule has 1 saturated heterocycles. The second-order valence-corrected chi connectivity index (χ2v) is 11.0. The molecule has 1 N–H and O–H groups in total. The third kappa shape index (κ3) is 4.78. The van der Waals surface area contributed by atoms with Crippen molar-refractivity contribution in [3.63, 3.8) is 0 Å². The Bertz CT molecular complexity index is 1220. The van der Waals surface area contributed by atoms with Gasteiger partial charge in [-0.25, -0.2) is 13.4 Å². The van der Waals surface area contributed by atoms with Crippen LogP contribution in [0.5, 0.6) is 0 Å². The van der Waals surface area contributed by atoms with Crippen LogP contribution in [0.1, 0.15) is 23.0 Å². The second kappa shape index (κ2) is 9.53. The SMILES string of the molecule is CC(=O)c1ccc(S(=O)(=O)N2CSCC2C(=O)NCc2csc(-c3ccccc3)n2)cc1. The Hall–Kier alpha value is -2.53. The molecule has 0 spiro atoms. The fourth-order valence-electron chi connectivity index (χ4n) is 3.26. The van der Waals surface area contributed by atoms with Crippen LogP contribution in [-0.2, 0) is 21.4 Å². The van der Waals surface area contributed by atoms with Crippen molar-refractivity contribution >= 4 is 44.8 Å². The summed E-state index contributed by atoms with van der Waals surface area (Å²) in [6, 6.07) is 14.8. The minimum Gasteiger partial charge on any atom is -0.349 e. The van der Waals surface area contributed by atoms with E-state index < -0.39 is 16.1 Å². The zero-order valence-corrected chi connectivity index (χ0v) is 19.7. The first-order valence-electron chi connectivity index (χ1n) is 9.84. The summed E-state index contributed by atoms with van der Waals surface area (Å²) in [5.74, 6) is 0.0840. The van der Waals surface area contributed by atoms with Crippen LogP contribution in [0.25, 0.3) is 10.6 Å². The van der Waals surface area contributed by atoms with Crippen molar-refractivity contribution in [1.29, 1.82) is 0 Å². The molecule has 1 aliphatic rings. The second-order valence-electron chi connectivity index (χ2n) is 7.22. The van der Waals surface area contributed by atoms with Crippen LogP contribution in [0.3, 0.4) is 0 Å². The summed E-state index contributed by atoms with van der Waals surface area (Å²) < 4.78 is 27.4. The van der Waals surface area contributed by atoms with Crippen molar-refractivity contribution < 1.29 is 18.0 Å². The van der Waals surface area contributed by atoms with E-state index in [1.54, 1.807) is 0 Å². The molecule has 2 aromatic carbocycles. The van der Waals surface area contributed by atoms with Crippen molar-refractivity contribution in [2.75, 3.05) is 11.6 Å². The molecule has 3 aromatic rings. The molecule has 0 saturated carbocycles. The summed E-state index contributed by atoms with van der Waals surface area (Å²) in [7, 11) is -3.86. The van der Waals surface area contributed by atoms with Crippen LogP contribution in [0.2, 0.25) is 0 Å². The van der Waals surface area contributed by atoms with E-state index in [0.29, 0.717) is 11.3 Å². The quantitative estimate of drug-likeness (QED) is 0.513. The summed E-state index contributed by atoms with van der Waals surface area (Å²) in [6.07, 6.45) is 0. The van der Waals surface area contributed by atoms with E-state index in [9.17, 15) is 18.0 Å². The minimum absolute atomic E-state index is 0.0646. The molecule has 1 unspecified atom stereocenters. The van der Waals surface area contributed by atoms with E-state index in [2.05, 4.69) is 10.3 Å². The lowest BCUT2D eigenvalue weighted by Gasteiger charge is -2.22. The summed E-state index contributed by atoms with van der Waals surface area (Å²) in [5, 5.41) is 5.58. The first-order chi connectivity index (χ1) is 15.4. The number of carbonyl (C=O) groups excluding carboxylic acids is 2. The number of benzene rings is 2. The van der Waals surface area contributed by atoms with Crippen LogP contribution in [0, 0.1) is 0 Å². The first-order valence-corrected chi connectivity index (χ1v) is 13.3. The number of rotatable bonds is 7. The molecule has 4 rings (SSSR count). The summed E-state index contributed by atoms with van der Waals surface area (Å²) in [6.45, 7) is 1.65. The molecular formula is C22H21N3O4S3. The van der Waals surface area contributed by atoms with E-state index in [1.165, 1.54) is 58.6 Å². The van der Waals surface area contributed by atoms with E-state index in [0.717, 1.165) is 16.3 Å². The number of thiazole rings is 1. The Morgan fingerprint density at radius 2 is 1.84 bits per heavy atom. The summed E-state index contributed by atoms with van der Waals surface area (Å²) in [5.41, 5.74) is 2.17. The van der Waals surface area contributed by atoms with Crippen molar-refractivity contribution in [3.05, 3.63) is 71.2 Å². The molecule has 1 amide bonds. The third-order valence-corrected chi connectivity index (χ3v) is 9.01. The Balaban J connectivity index is 1.43. The molecule has 166 valence electrons. The third-order valence-electron chi connectivity index (χ3n) is 5.03. The molecule has 0 bridgehead atoms. The van der Waals surface area contributed by atoms with Gasteiger partial charge in [-0.3, -0.25) is 9.59 Å². The van der Waals surface area contributed by atoms with Gasteiger partial charge in [0, 0.05) is 22.3 Å². The van der Waals surface area contributed by atoms with Gasteiger partial charge in [-0.05, 0) is 19.1 Å². The maximum Gasteiger partial charge on any atom is 0.244 e. The van der Waals surface area contributed by atoms with Crippen molar-refractivity contribution in [2.24, 2.45) is 0 Å². The highest BCUT2D eigenvalue weighted by atomic mass is 32.2. The number of Topliss-reactive ketones (excluding diaryl/α,β-unsaturated/α-hetero) is 1. The van der Waals surface area contributed by atoms with E-state index in [4.69, 9.17) is 0 Å². The number of nitrogens with zero attached hydrogens (tertiary/aromatic N) is 2. The highest BCUT2D eigenvalue weighted by molar-refractivity contribution is 8.00. The average Bonchev–Trinajstić information content (AvgIpc) is 3.48. The van der Waals surface area contributed by atoms with Gasteiger partial charge >= 0.3 is 0 Å². The molecule has 32 heavy (non-hydrogen) atoms. The largest absolute Gasteiger partial charge is 0.349 e. The Morgan fingerprint density at radius 1 is 1.12 bits per heavy atom. The summed E-state index contributed by atoms with van der Waals surface area (Å²) in [4.78, 5) is 28.9. The van der Waals surface area contributed by atoms with Crippen molar-refractivity contribution in [3.8, 4) is 10.6 Å². The van der Waals surface area contributed by atoms with Crippen LogP contribution in [0.4, 0.5) is 0 Å². The van der Waals surface area contributed by atoms with E-state index >= 15 is 0 Å². The van der Waals surface area contributed by atoms with Crippen LogP contribution < -0.4 is 5.32 Å². The first kappa shape index (κ1) is 22.7. The molecule has 1 fully saturated rings. The summed E-state index contributed by atoms with van der Waals surface area (Å²) >= 11 is 2.88. The van der Waals surface area contributed by atoms with Crippen molar-refractivity contribution in [2.45, 2.75) is 24.4 Å². The topological polar surface area (TPSA) is 96.4 Å². The molecule has 10 heteroatoms. The van der Waals surface area contributed by atoms with Gasteiger partial charge in [-0.1, -0.05) is 42.5 Å². The van der Waals surface area contributed by atoms with Gasteiger partial charge in [0.25, 0.3) is 0 Å². The Morgan fingerprint density at radius 3 is 2.53 bits per heavy atom. The molecule has 1 aliphatic heterocycles. The number of hydrogen-bond donors (Lipinski definition) is 1. The molecular weight excluding hydrogens is 466 g/mol. The lowest BCUT2D eigenvalue weighted by molar-refractivity contribution is -0.124. The smallest absolute Gasteiger partial charge is 0.244 e. The number of carbonyl (C=O) groups is 2. The fourth-order valence-corrected chi connectivity index (χ4v) is 7.24. The van der Waals surface area contributed by atoms with Gasteiger partial charge in [-0.2, -0.15) is 4.31 Å². The lowest BCUT2D eigenvalue weighted by atomic mass is 10.2. The molecule has 1 atom stereocenters. The van der Waals surface area contributed by atoms with Crippen molar-refractivity contribution in [1.82, 2.24) is 14.6 Å². The zero-order chi connectivity index (χ0) is 22.7. The maximum atomic E-state index is 13.1. The van der Waals surface area contributed by atoms with Gasteiger partial charge in [-0.15, -0.1) is 23.1 Å². The maximum absolute atomic E-state index is 13.1. The van der Waals surface area contributed by atoms with Gasteiger partial charge in [0.05, 0.1) is 23.0 Å². The zero-order valence-electron chi connectivity index (χ0n) is 17.2. The standard InChI is InChI=1S/C22H21N3O4S3/c1-15(26)16-7-9-19(10-8-16)32(28,29)25-14-30-13-20(25)21(27)23-11-18-12-31-22(24-18)17-5-3-2-4-6-17/h2-10,12,20H,11,13-14H2,1H3,(H,23,27). The number of amides is 1. The van der Waals surface area contributed by atoms with Gasteiger partial charge < -0.3 is 5.32 Å². The Labute approximate surface area is 194 Å². The number of sulfonamides is 1. The highest BCUT2D eigenvalue weighted by Crippen LogP contribution is 2.29. The van der Waals surface area contributed by atoms with Crippen LogP contribution in [0.15, 0.2) is 64.9 Å². The average molecular weight is 488 g/mol. The number of hydrogen-bond acceptors (Lipinski definition) is 7. The van der Waals surface area contributed by atoms with Crippen LogP contribution >= 0.6 is 23.1 Å². The predicted molar refractivity (Wildman–Crippen MR) is 126 cm³/mol. The minimum atomic E-state index is -3.86. The lowest BCUT2D eigenvalue weighted by Crippen LogP contribution is -2.46. The van der Waals surface area contributed by atoms with Gasteiger partial charge in [0.15, 0.2) is 5.78 Å². The van der Waals surface area contributed by atoms with E-state index in [-0.39, 0.29) is 29.0 Å². The molecule has 0 radical (unpaired) electrons. The highest BCUT2D eigenvalue weighted by Gasteiger charge is 2.40. The van der Waals surface area contributed by atoms with Crippen LogP contribution in [-0.4, -0.2) is 47.1 Å². The van der Waals surface area contributed by atoms with Gasteiger partial charge in [0.1, 0.15) is 11.0 Å². The number of aromatic nitrogens is 1. The number of nitrogens with one attached hydrogen (secondary N) is 1. The molecule has 2 heterocycles. The normalized spacial score (nSPS) is 16.7. The molecule has 7 nitrogen and oxygen atoms in total. The molecule has 0 aliphatic carbocycles. The van der Waals surface area contributed by atoms with E-state index in [1.807, 2.05) is 35.7 Å². The predicted octanol–water partition coefficient (Wildman–Crippen LogP) is 3.39. The fraction of sp³-hybridized carbons (Fsp3) is 0.227. The number of thioether (sulfide) groups is 1. The van der Waals surface area contributed by atoms with Gasteiger partial charge in [0.2, 0.25) is 15.9 Å². The Kier molecular flexibility index (Phi) is 6.75.